The first kappa shape index (κ1) is 19.3. The first-order valence-corrected chi connectivity index (χ1v) is 10.9. The van der Waals surface area contributed by atoms with Crippen LogP contribution in [0.1, 0.15) is 102 Å². The van der Waals surface area contributed by atoms with Gasteiger partial charge in [0, 0.05) is 25.4 Å². The topological polar surface area (TPSA) is 63.9 Å². The van der Waals surface area contributed by atoms with Gasteiger partial charge in [-0.1, -0.05) is 38.5 Å². The number of tetrazole rings is 1. The minimum Gasteiger partial charge on any atom is -0.340 e. The molecule has 146 valence electrons. The van der Waals surface area contributed by atoms with Gasteiger partial charge in [0.1, 0.15) is 0 Å². The summed E-state index contributed by atoms with van der Waals surface area (Å²) in [5.41, 5.74) is 0. The summed E-state index contributed by atoms with van der Waals surface area (Å²) in [5.74, 6) is 1.34. The number of rotatable bonds is 8. The summed E-state index contributed by atoms with van der Waals surface area (Å²) in [4.78, 5) is 14.8. The molecule has 0 N–H and O–H groups in total. The van der Waals surface area contributed by atoms with Crippen molar-refractivity contribution in [1.29, 1.82) is 0 Å². The zero-order chi connectivity index (χ0) is 18.2. The monoisotopic (exact) mass is 361 g/mol. The zero-order valence-corrected chi connectivity index (χ0v) is 16.4. The highest BCUT2D eigenvalue weighted by atomic mass is 16.2. The summed E-state index contributed by atoms with van der Waals surface area (Å²) in [5, 5.41) is 12.4. The molecule has 0 atom stereocenters. The minimum absolute atomic E-state index is 0.339. The maximum atomic E-state index is 12.6. The van der Waals surface area contributed by atoms with Gasteiger partial charge in [-0.15, -0.1) is 5.10 Å². The summed E-state index contributed by atoms with van der Waals surface area (Å²) in [6.07, 6.45) is 16.0. The Hall–Kier alpha value is -1.46. The summed E-state index contributed by atoms with van der Waals surface area (Å²) in [7, 11) is 0. The van der Waals surface area contributed by atoms with Gasteiger partial charge < -0.3 is 4.90 Å². The lowest BCUT2D eigenvalue weighted by Crippen LogP contribution is -2.41. The second kappa shape index (κ2) is 10.0. The number of carbonyl (C=O) groups excluding carboxylic acids is 1. The van der Waals surface area contributed by atoms with E-state index in [9.17, 15) is 4.79 Å². The lowest BCUT2D eigenvalue weighted by molar-refractivity contribution is -0.134. The molecule has 1 amide bonds. The number of hydrogen-bond acceptors (Lipinski definition) is 4. The van der Waals surface area contributed by atoms with E-state index in [4.69, 9.17) is 0 Å². The molecule has 0 aromatic carbocycles. The Balaban J connectivity index is 1.42. The molecular weight excluding hydrogens is 326 g/mol. The fraction of sp³-hybridized carbons (Fsp3) is 0.900. The molecular formula is C20H35N5O. The van der Waals surface area contributed by atoms with Gasteiger partial charge in [0.05, 0.1) is 6.04 Å². The maximum Gasteiger partial charge on any atom is 0.222 e. The van der Waals surface area contributed by atoms with Crippen molar-refractivity contribution in [3.63, 3.8) is 0 Å². The van der Waals surface area contributed by atoms with Gasteiger partial charge in [0.25, 0.3) is 0 Å². The molecule has 2 aliphatic carbocycles. The fourth-order valence-corrected chi connectivity index (χ4v) is 4.72. The smallest absolute Gasteiger partial charge is 0.222 e. The van der Waals surface area contributed by atoms with Crippen LogP contribution >= 0.6 is 0 Å². The van der Waals surface area contributed by atoms with Crippen LogP contribution < -0.4 is 0 Å². The van der Waals surface area contributed by atoms with Crippen molar-refractivity contribution < 1.29 is 4.79 Å². The normalized spacial score (nSPS) is 19.6. The molecule has 2 aliphatic rings. The van der Waals surface area contributed by atoms with E-state index in [1.165, 1.54) is 64.2 Å². The third kappa shape index (κ3) is 5.04. The number of nitrogens with zero attached hydrogens (tertiary/aromatic N) is 5. The van der Waals surface area contributed by atoms with Crippen LogP contribution in [0.5, 0.6) is 0 Å². The number of carbonyl (C=O) groups is 1. The third-order valence-electron chi connectivity index (χ3n) is 6.20. The van der Waals surface area contributed by atoms with Crippen molar-refractivity contribution >= 4 is 5.91 Å². The highest BCUT2D eigenvalue weighted by molar-refractivity contribution is 5.76. The molecule has 1 aromatic rings. The first-order chi connectivity index (χ1) is 12.8. The molecule has 26 heavy (non-hydrogen) atoms. The van der Waals surface area contributed by atoms with Gasteiger partial charge in [-0.2, -0.15) is 0 Å². The first-order valence-electron chi connectivity index (χ1n) is 10.9. The number of amides is 1. The Morgan fingerprint density at radius 2 is 1.73 bits per heavy atom. The highest BCUT2D eigenvalue weighted by Crippen LogP contribution is 2.28. The molecule has 1 heterocycles. The minimum atomic E-state index is 0.339. The van der Waals surface area contributed by atoms with Crippen LogP contribution in [0.2, 0.25) is 0 Å². The van der Waals surface area contributed by atoms with Gasteiger partial charge in [-0.25, -0.2) is 4.68 Å². The molecule has 6 nitrogen and oxygen atoms in total. The van der Waals surface area contributed by atoms with Crippen LogP contribution in [0.4, 0.5) is 0 Å². The van der Waals surface area contributed by atoms with Gasteiger partial charge in [0.2, 0.25) is 5.91 Å². The number of aryl methyl sites for hydroxylation is 1. The molecule has 0 saturated heterocycles. The molecule has 0 radical (unpaired) electrons. The zero-order valence-electron chi connectivity index (χ0n) is 16.4. The molecule has 0 bridgehead atoms. The van der Waals surface area contributed by atoms with Crippen molar-refractivity contribution in [1.82, 2.24) is 25.1 Å². The number of hydrogen-bond donors (Lipinski definition) is 0. The van der Waals surface area contributed by atoms with E-state index < -0.39 is 0 Å². The number of aromatic nitrogens is 4. The van der Waals surface area contributed by atoms with Crippen LogP contribution in [0.25, 0.3) is 0 Å². The van der Waals surface area contributed by atoms with Crippen molar-refractivity contribution in [2.24, 2.45) is 0 Å². The Kier molecular flexibility index (Phi) is 7.44. The van der Waals surface area contributed by atoms with Crippen LogP contribution in [0, 0.1) is 0 Å². The molecule has 0 aliphatic heterocycles. The Morgan fingerprint density at radius 3 is 2.42 bits per heavy atom. The highest BCUT2D eigenvalue weighted by Gasteiger charge is 2.24. The van der Waals surface area contributed by atoms with Gasteiger partial charge in [-0.05, 0) is 55.9 Å². The van der Waals surface area contributed by atoms with E-state index in [1.54, 1.807) is 0 Å². The van der Waals surface area contributed by atoms with Gasteiger partial charge in [-0.3, -0.25) is 4.79 Å². The lowest BCUT2D eigenvalue weighted by atomic mass is 9.94. The van der Waals surface area contributed by atoms with E-state index >= 15 is 0 Å². The Morgan fingerprint density at radius 1 is 1.04 bits per heavy atom. The predicted octanol–water partition coefficient (Wildman–Crippen LogP) is 4.07. The van der Waals surface area contributed by atoms with E-state index in [0.29, 0.717) is 24.4 Å². The molecule has 3 rings (SSSR count). The molecule has 6 heteroatoms. The van der Waals surface area contributed by atoms with Crippen LogP contribution in [-0.4, -0.2) is 43.6 Å². The van der Waals surface area contributed by atoms with E-state index in [2.05, 4.69) is 32.0 Å². The molecule has 1 aromatic heterocycles. The quantitative estimate of drug-likeness (QED) is 0.655. The van der Waals surface area contributed by atoms with E-state index in [0.717, 1.165) is 31.6 Å². The van der Waals surface area contributed by atoms with E-state index in [-0.39, 0.29) is 0 Å². The summed E-state index contributed by atoms with van der Waals surface area (Å²) >= 11 is 0. The van der Waals surface area contributed by atoms with Crippen LogP contribution in [0.3, 0.4) is 0 Å². The maximum absolute atomic E-state index is 12.6. The van der Waals surface area contributed by atoms with E-state index in [1.807, 2.05) is 0 Å². The van der Waals surface area contributed by atoms with Crippen molar-refractivity contribution in [3.05, 3.63) is 5.82 Å². The molecule has 2 fully saturated rings. The summed E-state index contributed by atoms with van der Waals surface area (Å²) < 4.78 is 2.06. The average molecular weight is 362 g/mol. The van der Waals surface area contributed by atoms with Gasteiger partial charge in [0.15, 0.2) is 5.82 Å². The summed E-state index contributed by atoms with van der Waals surface area (Å²) in [6.45, 7) is 2.97. The second-order valence-electron chi connectivity index (χ2n) is 8.01. The second-order valence-corrected chi connectivity index (χ2v) is 8.01. The third-order valence-corrected chi connectivity index (χ3v) is 6.20. The largest absolute Gasteiger partial charge is 0.340 e. The lowest BCUT2D eigenvalue weighted by Gasteiger charge is -2.33. The SMILES string of the molecule is CCN(C(=O)CCCCc1nnnn1C1CCCCC1)C1CCCCC1. The van der Waals surface area contributed by atoms with Crippen molar-refractivity contribution in [2.45, 2.75) is 109 Å². The molecule has 0 spiro atoms. The van der Waals surface area contributed by atoms with Gasteiger partial charge >= 0.3 is 0 Å². The standard InChI is InChI=1S/C20H35N5O/c1-2-24(17-11-5-3-6-12-17)20(26)16-10-9-15-19-21-22-23-25(19)18-13-7-4-8-14-18/h17-18H,2-16H2,1H3. The summed E-state index contributed by atoms with van der Waals surface area (Å²) in [6, 6.07) is 0.970. The average Bonchev–Trinajstić information content (AvgIpc) is 3.16. The molecule has 2 saturated carbocycles. The Bertz CT molecular complexity index is 546. The van der Waals surface area contributed by atoms with Crippen LogP contribution in [-0.2, 0) is 11.2 Å². The van der Waals surface area contributed by atoms with Crippen LogP contribution in [0.15, 0.2) is 0 Å². The van der Waals surface area contributed by atoms with Crippen molar-refractivity contribution in [3.8, 4) is 0 Å². The predicted molar refractivity (Wildman–Crippen MR) is 102 cm³/mol. The Labute approximate surface area is 157 Å². The van der Waals surface area contributed by atoms with Crippen molar-refractivity contribution in [2.75, 3.05) is 6.54 Å². The fourth-order valence-electron chi connectivity index (χ4n) is 4.72. The molecule has 0 unspecified atom stereocenters. The number of unbranched alkanes of at least 4 members (excludes halogenated alkanes) is 1.